The van der Waals surface area contributed by atoms with Gasteiger partial charge in [-0.15, -0.1) is 0 Å². The third-order valence-corrected chi connectivity index (χ3v) is 6.59. The van der Waals surface area contributed by atoms with E-state index in [1.54, 1.807) is 32.9 Å². The monoisotopic (exact) mass is 595 g/mol. The van der Waals surface area contributed by atoms with Crippen LogP contribution in [0.5, 0.6) is 11.5 Å². The van der Waals surface area contributed by atoms with Gasteiger partial charge in [0.05, 0.1) is 17.8 Å². The van der Waals surface area contributed by atoms with E-state index >= 15 is 0 Å². The Morgan fingerprint density at radius 1 is 1.12 bits per heavy atom. The number of carbonyl (C=O) groups excluding carboxylic acids is 2. The van der Waals surface area contributed by atoms with Crippen molar-refractivity contribution in [3.63, 3.8) is 0 Å². The first-order chi connectivity index (χ1) is 19.7. The highest BCUT2D eigenvalue weighted by Crippen LogP contribution is 2.34. The van der Waals surface area contributed by atoms with Crippen LogP contribution in [0.4, 0.5) is 23.7 Å². The van der Waals surface area contributed by atoms with Gasteiger partial charge in [0.15, 0.2) is 18.1 Å². The van der Waals surface area contributed by atoms with Crippen LogP contribution in [-0.2, 0) is 17.6 Å². The van der Waals surface area contributed by atoms with E-state index in [0.29, 0.717) is 31.5 Å². The molecule has 1 aliphatic rings. The van der Waals surface area contributed by atoms with Crippen molar-refractivity contribution in [1.29, 1.82) is 0 Å². The van der Waals surface area contributed by atoms with Crippen molar-refractivity contribution >= 4 is 17.7 Å². The number of anilines is 1. The van der Waals surface area contributed by atoms with E-state index in [9.17, 15) is 27.9 Å². The van der Waals surface area contributed by atoms with Crippen molar-refractivity contribution in [2.75, 3.05) is 44.4 Å². The fraction of sp³-hybridized carbons (Fsp3) is 0.533. The first-order valence-corrected chi connectivity index (χ1v) is 13.9. The van der Waals surface area contributed by atoms with Crippen LogP contribution in [0.2, 0.25) is 0 Å². The van der Waals surface area contributed by atoms with Gasteiger partial charge in [-0.1, -0.05) is 18.2 Å². The first kappa shape index (κ1) is 32.8. The number of nitrogens with zero attached hydrogens (tertiary/aromatic N) is 2. The predicted molar refractivity (Wildman–Crippen MR) is 152 cm³/mol. The highest BCUT2D eigenvalue weighted by atomic mass is 19.4. The maximum atomic E-state index is 13.2. The molecule has 1 heterocycles. The molecule has 3 N–H and O–H groups in total. The molecule has 0 aromatic heterocycles. The summed E-state index contributed by atoms with van der Waals surface area (Å²) < 4.78 is 54.3. The van der Waals surface area contributed by atoms with Gasteiger partial charge in [-0.05, 0) is 76.3 Å². The van der Waals surface area contributed by atoms with Crippen molar-refractivity contribution in [2.45, 2.75) is 64.8 Å². The molecule has 0 aliphatic carbocycles. The fourth-order valence-electron chi connectivity index (χ4n) is 4.85. The van der Waals surface area contributed by atoms with E-state index in [1.807, 2.05) is 13.0 Å². The lowest BCUT2D eigenvalue weighted by Crippen LogP contribution is -2.45. The van der Waals surface area contributed by atoms with E-state index in [4.69, 9.17) is 19.9 Å². The van der Waals surface area contributed by atoms with Gasteiger partial charge < -0.3 is 34.9 Å². The number of aliphatic hydroxyl groups excluding tert-OH is 1. The Kier molecular flexibility index (Phi) is 10.9. The molecule has 0 unspecified atom stereocenters. The molecule has 1 atom stereocenters. The lowest BCUT2D eigenvalue weighted by molar-refractivity contribution is -0.153. The number of primary amides is 1. The summed E-state index contributed by atoms with van der Waals surface area (Å²) in [6.07, 6.45) is -3.40. The maximum absolute atomic E-state index is 13.2. The van der Waals surface area contributed by atoms with Crippen LogP contribution in [0.3, 0.4) is 0 Å². The lowest BCUT2D eigenvalue weighted by atomic mass is 9.97. The number of rotatable bonds is 13. The smallest absolute Gasteiger partial charge is 0.422 e. The lowest BCUT2D eigenvalue weighted by Gasteiger charge is -2.32. The maximum Gasteiger partial charge on any atom is 0.422 e. The molecule has 232 valence electrons. The first-order valence-electron chi connectivity index (χ1n) is 13.9. The fourth-order valence-corrected chi connectivity index (χ4v) is 4.85. The minimum Gasteiger partial charge on any atom is -0.488 e. The van der Waals surface area contributed by atoms with E-state index in [2.05, 4.69) is 4.90 Å². The summed E-state index contributed by atoms with van der Waals surface area (Å²) in [5.41, 5.74) is 7.96. The number of benzene rings is 2. The number of hydrogen-bond acceptors (Lipinski definition) is 7. The molecule has 9 nitrogen and oxygen atoms in total. The zero-order valence-electron chi connectivity index (χ0n) is 24.5. The van der Waals surface area contributed by atoms with Crippen LogP contribution in [0.15, 0.2) is 36.4 Å². The van der Waals surface area contributed by atoms with Gasteiger partial charge in [0.1, 0.15) is 12.2 Å². The Balaban J connectivity index is 1.78. The standard InChI is InChI=1S/C30H40F3N3O6/c1-20(16-21-17-22-10-12-35(11-7-14-37)26(22)23(18-21)27(34)38)36(28(39)42-29(2,3)4)13-15-40-24-8-5-6-9-25(24)41-19-30(31,32)33/h5-6,8-9,17-18,20,37H,7,10-16,19H2,1-4H3,(H2,34,38)/t20-/m1/s1. The van der Waals surface area contributed by atoms with Crippen molar-refractivity contribution in [3.05, 3.63) is 53.1 Å². The van der Waals surface area contributed by atoms with Crippen LogP contribution in [0.1, 0.15) is 55.6 Å². The molecule has 42 heavy (non-hydrogen) atoms. The number of alkyl halides is 3. The van der Waals surface area contributed by atoms with Crippen molar-refractivity contribution in [2.24, 2.45) is 5.73 Å². The number of aliphatic hydroxyl groups is 1. The third-order valence-electron chi connectivity index (χ3n) is 6.59. The number of amides is 2. The second kappa shape index (κ2) is 14.0. The molecular weight excluding hydrogens is 555 g/mol. The number of carbonyl (C=O) groups is 2. The Hall–Kier alpha value is -3.67. The topological polar surface area (TPSA) is 115 Å². The molecule has 0 fully saturated rings. The number of para-hydroxylation sites is 2. The molecule has 0 radical (unpaired) electrons. The molecule has 2 amide bonds. The molecule has 0 spiro atoms. The Bertz CT molecular complexity index is 1230. The number of halogens is 3. The summed E-state index contributed by atoms with van der Waals surface area (Å²) in [7, 11) is 0. The van der Waals surface area contributed by atoms with Crippen LogP contribution in [-0.4, -0.2) is 79.3 Å². The van der Waals surface area contributed by atoms with Crippen LogP contribution < -0.4 is 20.1 Å². The molecule has 3 rings (SSSR count). The largest absolute Gasteiger partial charge is 0.488 e. The van der Waals surface area contributed by atoms with Crippen LogP contribution >= 0.6 is 0 Å². The highest BCUT2D eigenvalue weighted by Gasteiger charge is 2.30. The Labute approximate surface area is 244 Å². The zero-order chi connectivity index (χ0) is 31.1. The van der Waals surface area contributed by atoms with E-state index in [0.717, 1.165) is 23.2 Å². The molecule has 12 heteroatoms. The third kappa shape index (κ3) is 9.43. The molecule has 2 aromatic rings. The second-order valence-corrected chi connectivity index (χ2v) is 11.3. The molecule has 1 aliphatic heterocycles. The van der Waals surface area contributed by atoms with E-state index in [1.165, 1.54) is 23.1 Å². The molecule has 2 aromatic carbocycles. The SMILES string of the molecule is C[C@H](Cc1cc2c(c(C(N)=O)c1)N(CCCO)CC2)N(CCOc1ccccc1OCC(F)(F)F)C(=O)OC(C)(C)C. The predicted octanol–water partition coefficient (Wildman–Crippen LogP) is 4.72. The average molecular weight is 596 g/mol. The van der Waals surface area contributed by atoms with Crippen LogP contribution in [0.25, 0.3) is 0 Å². The summed E-state index contributed by atoms with van der Waals surface area (Å²) in [5, 5.41) is 9.24. The Morgan fingerprint density at radius 2 is 1.79 bits per heavy atom. The van der Waals surface area contributed by atoms with E-state index < -0.39 is 36.4 Å². The molecule has 0 bridgehead atoms. The van der Waals surface area contributed by atoms with Crippen molar-refractivity contribution in [1.82, 2.24) is 4.90 Å². The Morgan fingerprint density at radius 3 is 2.38 bits per heavy atom. The molecule has 0 saturated heterocycles. The number of nitrogens with two attached hydrogens (primary N) is 1. The number of hydrogen-bond donors (Lipinski definition) is 2. The summed E-state index contributed by atoms with van der Waals surface area (Å²) >= 11 is 0. The van der Waals surface area contributed by atoms with Crippen molar-refractivity contribution in [3.8, 4) is 11.5 Å². The number of ether oxygens (including phenoxy) is 3. The van der Waals surface area contributed by atoms with Gasteiger partial charge in [-0.3, -0.25) is 4.79 Å². The van der Waals surface area contributed by atoms with Gasteiger partial charge in [0.25, 0.3) is 5.91 Å². The minimum absolute atomic E-state index is 0.0352. The zero-order valence-corrected chi connectivity index (χ0v) is 24.5. The summed E-state index contributed by atoms with van der Waals surface area (Å²) in [5.74, 6) is -0.494. The van der Waals surface area contributed by atoms with Gasteiger partial charge in [0, 0.05) is 25.7 Å². The molecule has 0 saturated carbocycles. The summed E-state index contributed by atoms with van der Waals surface area (Å²) in [6.45, 7) is 7.04. The average Bonchev–Trinajstić information content (AvgIpc) is 3.29. The number of fused-ring (bicyclic) bond motifs is 1. The second-order valence-electron chi connectivity index (χ2n) is 11.3. The minimum atomic E-state index is -4.50. The van der Waals surface area contributed by atoms with Crippen molar-refractivity contribution < 1.29 is 42.1 Å². The van der Waals surface area contributed by atoms with E-state index in [-0.39, 0.29) is 31.3 Å². The van der Waals surface area contributed by atoms with Crippen LogP contribution in [0, 0.1) is 0 Å². The van der Waals surface area contributed by atoms with Gasteiger partial charge in [0.2, 0.25) is 0 Å². The summed E-state index contributed by atoms with van der Waals surface area (Å²) in [4.78, 5) is 29.2. The molecular formula is C30H40F3N3O6. The van der Waals surface area contributed by atoms with Gasteiger partial charge in [-0.2, -0.15) is 13.2 Å². The van der Waals surface area contributed by atoms with Gasteiger partial charge >= 0.3 is 12.3 Å². The quantitative estimate of drug-likeness (QED) is 0.345. The highest BCUT2D eigenvalue weighted by molar-refractivity contribution is 6.00. The van der Waals surface area contributed by atoms with Gasteiger partial charge in [-0.25, -0.2) is 4.79 Å². The normalized spacial score (nSPS) is 13.9. The summed E-state index contributed by atoms with van der Waals surface area (Å²) in [6, 6.07) is 9.38.